The maximum absolute atomic E-state index is 14.0. The Balaban J connectivity index is 2.25. The summed E-state index contributed by atoms with van der Waals surface area (Å²) in [6.07, 6.45) is 5.07. The fourth-order valence-corrected chi connectivity index (χ4v) is 2.13. The van der Waals surface area contributed by atoms with Crippen molar-refractivity contribution in [2.24, 2.45) is 5.73 Å². The van der Waals surface area contributed by atoms with Gasteiger partial charge in [0.1, 0.15) is 11.5 Å². The van der Waals surface area contributed by atoms with E-state index in [-0.39, 0.29) is 11.9 Å². The number of aromatic nitrogens is 2. The molecule has 0 saturated carbocycles. The van der Waals surface area contributed by atoms with Gasteiger partial charge in [-0.15, -0.1) is 0 Å². The van der Waals surface area contributed by atoms with Gasteiger partial charge in [0.15, 0.2) is 0 Å². The maximum Gasteiger partial charge on any atom is 0.149 e. The van der Waals surface area contributed by atoms with Crippen molar-refractivity contribution < 1.29 is 4.39 Å². The van der Waals surface area contributed by atoms with Crippen molar-refractivity contribution in [3.8, 4) is 5.69 Å². The van der Waals surface area contributed by atoms with Crippen molar-refractivity contribution in [3.63, 3.8) is 0 Å². The van der Waals surface area contributed by atoms with Crippen LogP contribution in [0.4, 0.5) is 4.39 Å². The molecule has 0 aliphatic carbocycles. The summed E-state index contributed by atoms with van der Waals surface area (Å²) in [6, 6.07) is 5.28. The van der Waals surface area contributed by atoms with Crippen LogP contribution in [0.1, 0.15) is 18.9 Å². The van der Waals surface area contributed by atoms with Gasteiger partial charge in [-0.2, -0.15) is 5.10 Å². The Morgan fingerprint density at radius 2 is 2.28 bits per heavy atom. The van der Waals surface area contributed by atoms with Crippen molar-refractivity contribution >= 4 is 22.6 Å². The zero-order valence-electron chi connectivity index (χ0n) is 10.1. The minimum atomic E-state index is -0.268. The summed E-state index contributed by atoms with van der Waals surface area (Å²) in [4.78, 5) is 0. The first-order valence-corrected chi connectivity index (χ1v) is 6.92. The minimum absolute atomic E-state index is 0.0842. The van der Waals surface area contributed by atoms with E-state index in [4.69, 9.17) is 5.73 Å². The fraction of sp³-hybridized carbons (Fsp3) is 0.308. The van der Waals surface area contributed by atoms with Crippen LogP contribution in [0.5, 0.6) is 0 Å². The highest BCUT2D eigenvalue weighted by atomic mass is 127. The van der Waals surface area contributed by atoms with Gasteiger partial charge in [0.05, 0.1) is 9.77 Å². The van der Waals surface area contributed by atoms with E-state index in [0.29, 0.717) is 12.1 Å². The van der Waals surface area contributed by atoms with E-state index in [1.54, 1.807) is 29.2 Å². The first-order chi connectivity index (χ1) is 8.60. The molecule has 3 nitrogen and oxygen atoms in total. The Bertz CT molecular complexity index is 539. The second-order valence-electron chi connectivity index (χ2n) is 4.26. The Hall–Kier alpha value is -0.950. The average Bonchev–Trinajstić information content (AvgIpc) is 2.75. The van der Waals surface area contributed by atoms with E-state index < -0.39 is 0 Å². The van der Waals surface area contributed by atoms with E-state index >= 15 is 0 Å². The van der Waals surface area contributed by atoms with Crippen LogP contribution >= 0.6 is 22.6 Å². The molecule has 0 saturated heterocycles. The molecular weight excluding hydrogens is 344 g/mol. The van der Waals surface area contributed by atoms with Gasteiger partial charge in [0, 0.05) is 12.2 Å². The van der Waals surface area contributed by atoms with Crippen LogP contribution in [-0.4, -0.2) is 15.8 Å². The summed E-state index contributed by atoms with van der Waals surface area (Å²) in [5.74, 6) is -0.268. The van der Waals surface area contributed by atoms with Gasteiger partial charge in [-0.3, -0.25) is 0 Å². The monoisotopic (exact) mass is 359 g/mol. The molecule has 2 N–H and O–H groups in total. The fourth-order valence-electron chi connectivity index (χ4n) is 1.74. The molecule has 1 aromatic heterocycles. The second-order valence-corrected chi connectivity index (χ2v) is 5.51. The van der Waals surface area contributed by atoms with Gasteiger partial charge in [0.25, 0.3) is 0 Å². The normalized spacial score (nSPS) is 12.7. The average molecular weight is 359 g/mol. The Morgan fingerprint density at radius 3 is 2.83 bits per heavy atom. The third kappa shape index (κ3) is 3.08. The summed E-state index contributed by atoms with van der Waals surface area (Å²) in [5, 5.41) is 4.10. The molecule has 0 aliphatic heterocycles. The van der Waals surface area contributed by atoms with Gasteiger partial charge in [-0.05, 0) is 53.1 Å². The van der Waals surface area contributed by atoms with Gasteiger partial charge in [-0.25, -0.2) is 9.07 Å². The predicted octanol–water partition coefficient (Wildman–Crippen LogP) is 2.90. The van der Waals surface area contributed by atoms with Crippen LogP contribution in [0.25, 0.3) is 5.69 Å². The lowest BCUT2D eigenvalue weighted by Gasteiger charge is -2.10. The molecule has 0 fully saturated rings. The number of hydrogen-bond acceptors (Lipinski definition) is 2. The van der Waals surface area contributed by atoms with Crippen LogP contribution < -0.4 is 5.73 Å². The smallest absolute Gasteiger partial charge is 0.149 e. The quantitative estimate of drug-likeness (QED) is 0.854. The molecule has 0 aliphatic rings. The predicted molar refractivity (Wildman–Crippen MR) is 78.2 cm³/mol. The molecular formula is C13H15FIN3. The SMILES string of the molecule is CCC(N)Cc1ccc(-n2cc(I)cn2)c(F)c1. The van der Waals surface area contributed by atoms with Crippen molar-refractivity contribution in [1.82, 2.24) is 9.78 Å². The molecule has 96 valence electrons. The lowest BCUT2D eigenvalue weighted by atomic mass is 10.0. The minimum Gasteiger partial charge on any atom is -0.327 e. The van der Waals surface area contributed by atoms with Crippen molar-refractivity contribution in [2.75, 3.05) is 0 Å². The highest BCUT2D eigenvalue weighted by Crippen LogP contribution is 2.17. The maximum atomic E-state index is 14.0. The summed E-state index contributed by atoms with van der Waals surface area (Å²) >= 11 is 2.14. The summed E-state index contributed by atoms with van der Waals surface area (Å²) in [5.41, 5.74) is 7.25. The van der Waals surface area contributed by atoms with E-state index in [2.05, 4.69) is 27.7 Å². The Labute approximate surface area is 119 Å². The van der Waals surface area contributed by atoms with E-state index in [9.17, 15) is 4.39 Å². The summed E-state index contributed by atoms with van der Waals surface area (Å²) in [7, 11) is 0. The molecule has 1 atom stereocenters. The van der Waals surface area contributed by atoms with Gasteiger partial charge >= 0.3 is 0 Å². The molecule has 0 bridgehead atoms. The van der Waals surface area contributed by atoms with Crippen molar-refractivity contribution in [2.45, 2.75) is 25.8 Å². The third-order valence-electron chi connectivity index (χ3n) is 2.83. The van der Waals surface area contributed by atoms with Crippen LogP contribution in [0.2, 0.25) is 0 Å². The Kier molecular flexibility index (Phi) is 4.34. The number of halogens is 2. The van der Waals surface area contributed by atoms with Crippen molar-refractivity contribution in [3.05, 3.63) is 45.5 Å². The standard InChI is InChI=1S/C13H15FIN3/c1-2-11(16)5-9-3-4-13(12(14)6-9)18-8-10(15)7-17-18/h3-4,6-8,11H,2,5,16H2,1H3. The number of rotatable bonds is 4. The molecule has 1 aromatic carbocycles. The zero-order chi connectivity index (χ0) is 13.1. The topological polar surface area (TPSA) is 43.8 Å². The lowest BCUT2D eigenvalue weighted by molar-refractivity contribution is 0.601. The van der Waals surface area contributed by atoms with Crippen LogP contribution in [-0.2, 0) is 6.42 Å². The zero-order valence-corrected chi connectivity index (χ0v) is 12.3. The first kappa shape index (κ1) is 13.5. The van der Waals surface area contributed by atoms with E-state index in [1.165, 1.54) is 0 Å². The largest absolute Gasteiger partial charge is 0.327 e. The molecule has 2 aromatic rings. The van der Waals surface area contributed by atoms with E-state index in [1.807, 2.05) is 13.0 Å². The molecule has 0 spiro atoms. The molecule has 2 rings (SSSR count). The summed E-state index contributed by atoms with van der Waals surface area (Å²) < 4.78 is 16.5. The number of benzene rings is 1. The highest BCUT2D eigenvalue weighted by Gasteiger charge is 2.08. The lowest BCUT2D eigenvalue weighted by Crippen LogP contribution is -2.21. The van der Waals surface area contributed by atoms with Gasteiger partial charge in [0.2, 0.25) is 0 Å². The Morgan fingerprint density at radius 1 is 1.50 bits per heavy atom. The molecule has 5 heteroatoms. The third-order valence-corrected chi connectivity index (χ3v) is 3.39. The van der Waals surface area contributed by atoms with Crippen LogP contribution in [0.15, 0.2) is 30.6 Å². The van der Waals surface area contributed by atoms with Crippen LogP contribution in [0, 0.1) is 9.39 Å². The number of hydrogen-bond donors (Lipinski definition) is 1. The number of nitrogens with zero attached hydrogens (tertiary/aromatic N) is 2. The summed E-state index contributed by atoms with van der Waals surface area (Å²) in [6.45, 7) is 2.03. The molecule has 1 heterocycles. The molecule has 1 unspecified atom stereocenters. The van der Waals surface area contributed by atoms with Crippen LogP contribution in [0.3, 0.4) is 0 Å². The van der Waals surface area contributed by atoms with Gasteiger partial charge in [-0.1, -0.05) is 13.0 Å². The van der Waals surface area contributed by atoms with E-state index in [0.717, 1.165) is 15.6 Å². The molecule has 0 radical (unpaired) electrons. The van der Waals surface area contributed by atoms with Gasteiger partial charge < -0.3 is 5.73 Å². The molecule has 18 heavy (non-hydrogen) atoms. The number of nitrogens with two attached hydrogens (primary N) is 1. The highest BCUT2D eigenvalue weighted by molar-refractivity contribution is 14.1. The first-order valence-electron chi connectivity index (χ1n) is 5.84. The second kappa shape index (κ2) is 5.79. The molecule has 0 amide bonds. The van der Waals surface area contributed by atoms with Crippen molar-refractivity contribution in [1.29, 1.82) is 0 Å².